The van der Waals surface area contributed by atoms with E-state index in [9.17, 15) is 19.2 Å². The third-order valence-corrected chi connectivity index (χ3v) is 3.92. The van der Waals surface area contributed by atoms with Crippen LogP contribution in [0.3, 0.4) is 0 Å². The molecule has 1 aromatic rings. The van der Waals surface area contributed by atoms with Crippen molar-refractivity contribution in [2.24, 2.45) is 0 Å². The van der Waals surface area contributed by atoms with E-state index in [0.717, 1.165) is 24.9 Å². The van der Waals surface area contributed by atoms with Gasteiger partial charge in [-0.05, 0) is 43.5 Å². The number of carbonyl (C=O) groups is 4. The molecule has 1 saturated heterocycles. The van der Waals surface area contributed by atoms with Crippen LogP contribution in [-0.4, -0.2) is 36.2 Å². The van der Waals surface area contributed by atoms with E-state index in [4.69, 9.17) is 0 Å². The highest BCUT2D eigenvalue weighted by Gasteiger charge is 2.26. The van der Waals surface area contributed by atoms with Gasteiger partial charge in [-0.2, -0.15) is 0 Å². The SMILES string of the molecule is O=C(NNC(=O)c1ccc(N2CCCC2=O)cc1)C(=O)NC1CC1. The Kier molecular flexibility index (Phi) is 4.45. The molecule has 1 saturated carbocycles. The van der Waals surface area contributed by atoms with Crippen LogP contribution in [0, 0.1) is 0 Å². The zero-order valence-electron chi connectivity index (χ0n) is 13.0. The minimum absolute atomic E-state index is 0.0693. The zero-order chi connectivity index (χ0) is 17.1. The predicted octanol–water partition coefficient (Wildman–Crippen LogP) is -0.147. The Balaban J connectivity index is 1.52. The Morgan fingerprint density at radius 2 is 1.71 bits per heavy atom. The van der Waals surface area contributed by atoms with Crippen molar-refractivity contribution < 1.29 is 19.2 Å². The van der Waals surface area contributed by atoms with Crippen LogP contribution >= 0.6 is 0 Å². The van der Waals surface area contributed by atoms with E-state index in [1.807, 2.05) is 0 Å². The smallest absolute Gasteiger partial charge is 0.327 e. The molecule has 0 spiro atoms. The van der Waals surface area contributed by atoms with E-state index in [1.165, 1.54) is 0 Å². The standard InChI is InChI=1S/C16H18N4O4/c21-13-2-1-9-20(13)12-7-3-10(4-8-12)14(22)18-19-16(24)15(23)17-11-5-6-11/h3-4,7-8,11H,1-2,5-6,9H2,(H,17,23)(H,18,22)(H,19,24). The molecule has 3 N–H and O–H groups in total. The topological polar surface area (TPSA) is 108 Å². The van der Waals surface area contributed by atoms with Gasteiger partial charge in [0.2, 0.25) is 5.91 Å². The fourth-order valence-electron chi connectivity index (χ4n) is 2.43. The number of nitrogens with zero attached hydrogens (tertiary/aromatic N) is 1. The quantitative estimate of drug-likeness (QED) is 0.529. The minimum atomic E-state index is -0.908. The number of carbonyl (C=O) groups excluding carboxylic acids is 4. The van der Waals surface area contributed by atoms with Gasteiger partial charge in [-0.15, -0.1) is 0 Å². The molecular weight excluding hydrogens is 312 g/mol. The van der Waals surface area contributed by atoms with Crippen LogP contribution in [0.25, 0.3) is 0 Å². The third kappa shape index (κ3) is 3.70. The van der Waals surface area contributed by atoms with Crippen molar-refractivity contribution in [1.29, 1.82) is 0 Å². The number of rotatable bonds is 3. The lowest BCUT2D eigenvalue weighted by atomic mass is 10.2. The highest BCUT2D eigenvalue weighted by atomic mass is 16.2. The lowest BCUT2D eigenvalue weighted by molar-refractivity contribution is -0.139. The van der Waals surface area contributed by atoms with Crippen molar-refractivity contribution in [3.05, 3.63) is 29.8 Å². The van der Waals surface area contributed by atoms with Gasteiger partial charge in [-0.25, -0.2) is 0 Å². The number of hydrazine groups is 1. The van der Waals surface area contributed by atoms with E-state index >= 15 is 0 Å². The van der Waals surface area contributed by atoms with Crippen molar-refractivity contribution >= 4 is 29.3 Å². The van der Waals surface area contributed by atoms with Gasteiger partial charge in [0.15, 0.2) is 0 Å². The molecule has 3 rings (SSSR count). The van der Waals surface area contributed by atoms with Gasteiger partial charge >= 0.3 is 11.8 Å². The first-order chi connectivity index (χ1) is 11.5. The van der Waals surface area contributed by atoms with Crippen molar-refractivity contribution in [1.82, 2.24) is 16.2 Å². The minimum Gasteiger partial charge on any atom is -0.345 e. The van der Waals surface area contributed by atoms with Crippen LogP contribution in [0.2, 0.25) is 0 Å². The van der Waals surface area contributed by atoms with Crippen molar-refractivity contribution in [3.8, 4) is 0 Å². The maximum Gasteiger partial charge on any atom is 0.327 e. The number of anilines is 1. The Labute approximate surface area is 138 Å². The van der Waals surface area contributed by atoms with E-state index < -0.39 is 17.7 Å². The first-order valence-electron chi connectivity index (χ1n) is 7.86. The summed E-state index contributed by atoms with van der Waals surface area (Å²) in [7, 11) is 0. The summed E-state index contributed by atoms with van der Waals surface area (Å²) in [5.74, 6) is -2.14. The van der Waals surface area contributed by atoms with Gasteiger partial charge in [-0.1, -0.05) is 0 Å². The average Bonchev–Trinajstić information content (AvgIpc) is 3.30. The summed E-state index contributed by atoms with van der Waals surface area (Å²) in [5, 5.41) is 2.52. The molecule has 0 unspecified atom stereocenters. The Bertz CT molecular complexity index is 682. The Morgan fingerprint density at radius 1 is 1.00 bits per heavy atom. The summed E-state index contributed by atoms with van der Waals surface area (Å²) < 4.78 is 0. The van der Waals surface area contributed by atoms with E-state index in [2.05, 4.69) is 16.2 Å². The lowest BCUT2D eigenvalue weighted by Crippen LogP contribution is -2.48. The lowest BCUT2D eigenvalue weighted by Gasteiger charge is -2.15. The van der Waals surface area contributed by atoms with Gasteiger partial charge in [0.1, 0.15) is 0 Å². The van der Waals surface area contributed by atoms with Crippen LogP contribution in [0.15, 0.2) is 24.3 Å². The number of hydrogen-bond donors (Lipinski definition) is 3. The second-order valence-electron chi connectivity index (χ2n) is 5.85. The van der Waals surface area contributed by atoms with Crippen LogP contribution in [-0.2, 0) is 14.4 Å². The van der Waals surface area contributed by atoms with E-state index in [-0.39, 0.29) is 11.9 Å². The molecule has 126 valence electrons. The van der Waals surface area contributed by atoms with Crippen LogP contribution in [0.4, 0.5) is 5.69 Å². The number of hydrogen-bond acceptors (Lipinski definition) is 4. The summed E-state index contributed by atoms with van der Waals surface area (Å²) in [5.41, 5.74) is 5.32. The molecule has 8 nitrogen and oxygen atoms in total. The molecule has 8 heteroatoms. The second kappa shape index (κ2) is 6.69. The largest absolute Gasteiger partial charge is 0.345 e. The van der Waals surface area contributed by atoms with E-state index in [1.54, 1.807) is 29.2 Å². The van der Waals surface area contributed by atoms with Crippen molar-refractivity contribution in [3.63, 3.8) is 0 Å². The molecule has 0 atom stereocenters. The fraction of sp³-hybridized carbons (Fsp3) is 0.375. The Hall–Kier alpha value is -2.90. The summed E-state index contributed by atoms with van der Waals surface area (Å²) in [4.78, 5) is 48.3. The molecule has 4 amide bonds. The van der Waals surface area contributed by atoms with Gasteiger partial charge in [0, 0.05) is 30.3 Å². The fourth-order valence-corrected chi connectivity index (χ4v) is 2.43. The maximum atomic E-state index is 12.0. The van der Waals surface area contributed by atoms with E-state index in [0.29, 0.717) is 18.5 Å². The van der Waals surface area contributed by atoms with Crippen LogP contribution in [0.1, 0.15) is 36.0 Å². The van der Waals surface area contributed by atoms with Gasteiger partial charge in [0.05, 0.1) is 0 Å². The molecule has 2 aliphatic rings. The highest BCUT2D eigenvalue weighted by Crippen LogP contribution is 2.21. The van der Waals surface area contributed by atoms with Gasteiger partial charge in [0.25, 0.3) is 5.91 Å². The molecule has 1 aliphatic carbocycles. The third-order valence-electron chi connectivity index (χ3n) is 3.92. The summed E-state index contributed by atoms with van der Waals surface area (Å²) in [6, 6.07) is 6.55. The molecule has 2 fully saturated rings. The highest BCUT2D eigenvalue weighted by molar-refractivity contribution is 6.35. The van der Waals surface area contributed by atoms with Crippen molar-refractivity contribution in [2.45, 2.75) is 31.7 Å². The first kappa shape index (κ1) is 16.0. The normalized spacial score (nSPS) is 16.7. The van der Waals surface area contributed by atoms with Crippen LogP contribution in [0.5, 0.6) is 0 Å². The number of benzene rings is 1. The van der Waals surface area contributed by atoms with Crippen molar-refractivity contribution in [2.75, 3.05) is 11.4 Å². The number of nitrogens with one attached hydrogen (secondary N) is 3. The van der Waals surface area contributed by atoms with Gasteiger partial charge < -0.3 is 10.2 Å². The first-order valence-corrected chi connectivity index (χ1v) is 7.86. The monoisotopic (exact) mass is 330 g/mol. The molecule has 0 radical (unpaired) electrons. The predicted molar refractivity (Wildman–Crippen MR) is 84.8 cm³/mol. The summed E-state index contributed by atoms with van der Waals surface area (Å²) in [6.07, 6.45) is 3.11. The average molecular weight is 330 g/mol. The van der Waals surface area contributed by atoms with Crippen LogP contribution < -0.4 is 21.1 Å². The molecule has 1 aliphatic heterocycles. The zero-order valence-corrected chi connectivity index (χ0v) is 13.0. The maximum absolute atomic E-state index is 12.0. The molecular formula is C16H18N4O4. The summed E-state index contributed by atoms with van der Waals surface area (Å²) in [6.45, 7) is 0.677. The number of amides is 4. The van der Waals surface area contributed by atoms with Gasteiger partial charge in [-0.3, -0.25) is 30.0 Å². The molecule has 0 aromatic heterocycles. The molecule has 24 heavy (non-hydrogen) atoms. The molecule has 1 heterocycles. The summed E-state index contributed by atoms with van der Waals surface area (Å²) >= 11 is 0. The second-order valence-corrected chi connectivity index (χ2v) is 5.85. The molecule has 1 aromatic carbocycles. The molecule has 0 bridgehead atoms. The Morgan fingerprint density at radius 3 is 2.29 bits per heavy atom.